The summed E-state index contributed by atoms with van der Waals surface area (Å²) in [5.41, 5.74) is -0.152. The first-order valence-electron chi connectivity index (χ1n) is 8.12. The molecule has 0 saturated carbocycles. The first-order valence-corrected chi connectivity index (χ1v) is 10.6. The van der Waals surface area contributed by atoms with Gasteiger partial charge in [0.2, 0.25) is 10.0 Å². The fourth-order valence-corrected chi connectivity index (χ4v) is 3.53. The van der Waals surface area contributed by atoms with E-state index in [1.165, 1.54) is 23.5 Å². The Morgan fingerprint density at radius 2 is 1.96 bits per heavy atom. The summed E-state index contributed by atoms with van der Waals surface area (Å²) in [6.07, 6.45) is 0. The van der Waals surface area contributed by atoms with Crippen LogP contribution in [0.15, 0.2) is 51.7 Å². The van der Waals surface area contributed by atoms with Crippen LogP contribution in [0.5, 0.6) is 0 Å². The summed E-state index contributed by atoms with van der Waals surface area (Å²) in [4.78, 5) is 5.41. The van der Waals surface area contributed by atoms with Crippen molar-refractivity contribution in [2.24, 2.45) is 10.1 Å². The van der Waals surface area contributed by atoms with Crippen molar-refractivity contribution >= 4 is 27.3 Å². The molecule has 1 unspecified atom stereocenters. The Balaban J connectivity index is 2.02. The zero-order valence-electron chi connectivity index (χ0n) is 14.8. The molecule has 0 saturated heterocycles. The van der Waals surface area contributed by atoms with E-state index >= 15 is 0 Å². The number of hydrogen-bond donors (Lipinski definition) is 4. The summed E-state index contributed by atoms with van der Waals surface area (Å²) in [5.74, 6) is 0.569. The first kappa shape index (κ1) is 20.4. The number of nitrogens with two attached hydrogens (primary N) is 1. The molecule has 1 aromatic carbocycles. The first-order chi connectivity index (χ1) is 12.2. The standard InChI is InChI=1S/C17H24N4O3S2/c1-3-19-16(21-12-17(2,22)15-5-4-10-25-15)20-11-13-6-8-14(9-7-13)26(18,23)24/h4-10,22H,3,11-12H2,1-2H3,(H2,18,23,24)(H2,19,20,21). The van der Waals surface area contributed by atoms with E-state index in [9.17, 15) is 13.5 Å². The van der Waals surface area contributed by atoms with Gasteiger partial charge in [-0.2, -0.15) is 0 Å². The highest BCUT2D eigenvalue weighted by Gasteiger charge is 2.24. The molecule has 1 heterocycles. The van der Waals surface area contributed by atoms with E-state index in [4.69, 9.17) is 5.14 Å². The van der Waals surface area contributed by atoms with Gasteiger partial charge in [0.15, 0.2) is 5.96 Å². The van der Waals surface area contributed by atoms with Gasteiger partial charge in [0.25, 0.3) is 0 Å². The number of rotatable bonds is 7. The van der Waals surface area contributed by atoms with E-state index in [1.54, 1.807) is 19.1 Å². The van der Waals surface area contributed by atoms with Crippen molar-refractivity contribution in [1.82, 2.24) is 10.6 Å². The van der Waals surface area contributed by atoms with Crippen LogP contribution in [0.1, 0.15) is 24.3 Å². The van der Waals surface area contributed by atoms with Gasteiger partial charge in [-0.25, -0.2) is 18.5 Å². The molecule has 26 heavy (non-hydrogen) atoms. The summed E-state index contributed by atoms with van der Waals surface area (Å²) in [5, 5.41) is 23.9. The number of thiophene rings is 1. The molecule has 0 aliphatic rings. The van der Waals surface area contributed by atoms with Gasteiger partial charge in [-0.3, -0.25) is 0 Å². The van der Waals surface area contributed by atoms with Crippen molar-refractivity contribution in [1.29, 1.82) is 0 Å². The van der Waals surface area contributed by atoms with Gasteiger partial charge in [-0.05, 0) is 43.0 Å². The average molecular weight is 397 g/mol. The third-order valence-corrected chi connectivity index (χ3v) is 5.72. The Bertz CT molecular complexity index is 829. The fourth-order valence-electron chi connectivity index (χ4n) is 2.22. The smallest absolute Gasteiger partial charge is 0.238 e. The molecule has 9 heteroatoms. The van der Waals surface area contributed by atoms with Crippen LogP contribution >= 0.6 is 11.3 Å². The summed E-state index contributed by atoms with van der Waals surface area (Å²) >= 11 is 1.50. The molecule has 2 aromatic rings. The van der Waals surface area contributed by atoms with Crippen LogP contribution in [0.25, 0.3) is 0 Å². The van der Waals surface area contributed by atoms with E-state index in [1.807, 2.05) is 24.4 Å². The summed E-state index contributed by atoms with van der Waals surface area (Å²) in [6.45, 7) is 5.05. The van der Waals surface area contributed by atoms with Gasteiger partial charge in [-0.15, -0.1) is 11.3 Å². The summed E-state index contributed by atoms with van der Waals surface area (Å²) < 4.78 is 22.6. The molecule has 0 radical (unpaired) electrons. The number of hydrogen-bond acceptors (Lipinski definition) is 5. The Morgan fingerprint density at radius 3 is 2.50 bits per heavy atom. The number of nitrogens with zero attached hydrogens (tertiary/aromatic N) is 1. The highest BCUT2D eigenvalue weighted by molar-refractivity contribution is 7.89. The van der Waals surface area contributed by atoms with Crippen LogP contribution in [0.4, 0.5) is 0 Å². The molecule has 0 aliphatic heterocycles. The van der Waals surface area contributed by atoms with Gasteiger partial charge < -0.3 is 15.7 Å². The largest absolute Gasteiger partial charge is 0.383 e. The van der Waals surface area contributed by atoms with Gasteiger partial charge >= 0.3 is 0 Å². The number of nitrogens with one attached hydrogen (secondary N) is 2. The molecular weight excluding hydrogens is 372 g/mol. The minimum absolute atomic E-state index is 0.0715. The number of aliphatic imine (C=N–C) groups is 1. The van der Waals surface area contributed by atoms with E-state index in [0.29, 0.717) is 25.6 Å². The highest BCUT2D eigenvalue weighted by atomic mass is 32.2. The van der Waals surface area contributed by atoms with Crippen molar-refractivity contribution in [3.63, 3.8) is 0 Å². The van der Waals surface area contributed by atoms with Crippen molar-refractivity contribution in [3.8, 4) is 0 Å². The molecule has 142 valence electrons. The normalized spacial score (nSPS) is 14.7. The molecule has 0 amide bonds. The third kappa shape index (κ3) is 5.80. The molecule has 7 nitrogen and oxygen atoms in total. The van der Waals surface area contributed by atoms with Crippen LogP contribution in [-0.4, -0.2) is 32.6 Å². The second-order valence-electron chi connectivity index (χ2n) is 5.99. The number of benzene rings is 1. The highest BCUT2D eigenvalue weighted by Crippen LogP contribution is 2.24. The SMILES string of the molecule is CCNC(=NCc1ccc(S(N)(=O)=O)cc1)NCC(C)(O)c1cccs1. The van der Waals surface area contributed by atoms with Crippen molar-refractivity contribution in [3.05, 3.63) is 52.2 Å². The second kappa shape index (κ2) is 8.63. The Kier molecular flexibility index (Phi) is 6.76. The van der Waals surface area contributed by atoms with Crippen LogP contribution in [0.3, 0.4) is 0 Å². The molecule has 5 N–H and O–H groups in total. The molecule has 1 atom stereocenters. The lowest BCUT2D eigenvalue weighted by molar-refractivity contribution is 0.0655. The molecule has 1 aromatic heterocycles. The van der Waals surface area contributed by atoms with E-state index in [-0.39, 0.29) is 4.90 Å². The van der Waals surface area contributed by atoms with Crippen molar-refractivity contribution < 1.29 is 13.5 Å². The van der Waals surface area contributed by atoms with E-state index in [0.717, 1.165) is 10.4 Å². The van der Waals surface area contributed by atoms with Gasteiger partial charge in [-0.1, -0.05) is 18.2 Å². The van der Waals surface area contributed by atoms with E-state index < -0.39 is 15.6 Å². The number of aliphatic hydroxyl groups is 1. The number of guanidine groups is 1. The maximum Gasteiger partial charge on any atom is 0.238 e. The fraction of sp³-hybridized carbons (Fsp3) is 0.353. The monoisotopic (exact) mass is 396 g/mol. The number of sulfonamides is 1. The lowest BCUT2D eigenvalue weighted by Gasteiger charge is -2.23. The lowest BCUT2D eigenvalue weighted by atomic mass is 10.1. The Morgan fingerprint density at radius 1 is 1.27 bits per heavy atom. The third-order valence-electron chi connectivity index (χ3n) is 3.67. The molecule has 0 spiro atoms. The lowest BCUT2D eigenvalue weighted by Crippen LogP contribution is -2.44. The van der Waals surface area contributed by atoms with E-state index in [2.05, 4.69) is 15.6 Å². The maximum absolute atomic E-state index is 11.3. The van der Waals surface area contributed by atoms with Crippen molar-refractivity contribution in [2.45, 2.75) is 30.9 Å². The van der Waals surface area contributed by atoms with Gasteiger partial charge in [0.1, 0.15) is 5.60 Å². The summed E-state index contributed by atoms with van der Waals surface area (Å²) in [7, 11) is -3.69. The minimum Gasteiger partial charge on any atom is -0.383 e. The van der Waals surface area contributed by atoms with Gasteiger partial charge in [0.05, 0.1) is 18.0 Å². The van der Waals surface area contributed by atoms with Gasteiger partial charge in [0, 0.05) is 11.4 Å². The summed E-state index contributed by atoms with van der Waals surface area (Å²) in [6, 6.07) is 10.1. The molecule has 0 aliphatic carbocycles. The second-order valence-corrected chi connectivity index (χ2v) is 8.50. The molecule has 2 rings (SSSR count). The van der Waals surface area contributed by atoms with Crippen LogP contribution < -0.4 is 15.8 Å². The van der Waals surface area contributed by atoms with Crippen molar-refractivity contribution in [2.75, 3.05) is 13.1 Å². The zero-order valence-corrected chi connectivity index (χ0v) is 16.4. The maximum atomic E-state index is 11.3. The number of primary sulfonamides is 1. The quantitative estimate of drug-likeness (QED) is 0.416. The topological polar surface area (TPSA) is 117 Å². The average Bonchev–Trinajstić information content (AvgIpc) is 3.12. The Labute approximate surface area is 158 Å². The predicted molar refractivity (Wildman–Crippen MR) is 105 cm³/mol. The molecular formula is C17H24N4O3S2. The van der Waals surface area contributed by atoms with Crippen LogP contribution in [0, 0.1) is 0 Å². The Hall–Kier alpha value is -1.94. The molecule has 0 bridgehead atoms. The predicted octanol–water partition coefficient (Wildman–Crippen LogP) is 1.36. The molecule has 0 fully saturated rings. The minimum atomic E-state index is -3.69. The van der Waals surface area contributed by atoms with Crippen LogP contribution in [-0.2, 0) is 22.2 Å². The zero-order chi connectivity index (χ0) is 19.2. The van der Waals surface area contributed by atoms with Crippen LogP contribution in [0.2, 0.25) is 0 Å².